The fraction of sp³-hybridized carbons (Fsp3) is 0.955. The summed E-state index contributed by atoms with van der Waals surface area (Å²) < 4.78 is 38.0. The van der Waals surface area contributed by atoms with E-state index in [1.54, 1.807) is 4.90 Å². The highest BCUT2D eigenvalue weighted by molar-refractivity contribution is 5.76. The lowest BCUT2D eigenvalue weighted by Crippen LogP contribution is -2.47. The number of rotatable bonds is 8. The minimum Gasteiger partial charge on any atom is -0.341 e. The zero-order valence-corrected chi connectivity index (χ0v) is 17.8. The predicted octanol–water partition coefficient (Wildman–Crippen LogP) is 4.30. The molecule has 0 unspecified atom stereocenters. The van der Waals surface area contributed by atoms with Crippen LogP contribution in [0.3, 0.4) is 0 Å². The van der Waals surface area contributed by atoms with Crippen molar-refractivity contribution in [3.05, 3.63) is 0 Å². The molecule has 4 nitrogen and oxygen atoms in total. The summed E-state index contributed by atoms with van der Waals surface area (Å²) in [7, 11) is 0. The highest BCUT2D eigenvalue weighted by Crippen LogP contribution is 2.29. The Morgan fingerprint density at radius 3 is 2.34 bits per heavy atom. The van der Waals surface area contributed by atoms with E-state index in [-0.39, 0.29) is 5.91 Å². The Kier molecular flexibility index (Phi) is 8.66. The molecule has 3 rings (SSSR count). The Morgan fingerprint density at radius 2 is 1.66 bits per heavy atom. The van der Waals surface area contributed by atoms with Gasteiger partial charge in [0.2, 0.25) is 5.91 Å². The molecule has 0 aromatic carbocycles. The molecule has 2 saturated heterocycles. The number of likely N-dealkylation sites (tertiary alicyclic amines) is 2. The SMILES string of the molecule is O=C(CCC(F)(F)F)N(CCN1CCCCC1)C[C@@H]1CCCN(C2CCCC2)C1. The minimum absolute atomic E-state index is 0.322. The molecule has 1 amide bonds. The molecule has 0 spiro atoms. The fourth-order valence-electron chi connectivity index (χ4n) is 5.33. The molecule has 0 aromatic heterocycles. The van der Waals surface area contributed by atoms with Crippen LogP contribution in [0, 0.1) is 5.92 Å². The van der Waals surface area contributed by atoms with E-state index in [0.29, 0.717) is 25.0 Å². The fourth-order valence-corrected chi connectivity index (χ4v) is 5.33. The number of hydrogen-bond donors (Lipinski definition) is 0. The first kappa shape index (κ1) is 22.9. The van der Waals surface area contributed by atoms with Gasteiger partial charge in [-0.3, -0.25) is 4.79 Å². The molecule has 3 aliphatic rings. The van der Waals surface area contributed by atoms with E-state index >= 15 is 0 Å². The third-order valence-corrected chi connectivity index (χ3v) is 6.98. The van der Waals surface area contributed by atoms with Gasteiger partial charge in [-0.2, -0.15) is 13.2 Å². The van der Waals surface area contributed by atoms with E-state index in [9.17, 15) is 18.0 Å². The van der Waals surface area contributed by atoms with Gasteiger partial charge in [-0.05, 0) is 64.1 Å². The van der Waals surface area contributed by atoms with Crippen molar-refractivity contribution in [2.45, 2.75) is 82.8 Å². The van der Waals surface area contributed by atoms with Gasteiger partial charge in [0.25, 0.3) is 0 Å². The quantitative estimate of drug-likeness (QED) is 0.589. The van der Waals surface area contributed by atoms with Crippen molar-refractivity contribution >= 4 is 5.91 Å². The molecule has 0 aromatic rings. The van der Waals surface area contributed by atoms with Gasteiger partial charge >= 0.3 is 6.18 Å². The highest BCUT2D eigenvalue weighted by atomic mass is 19.4. The number of carbonyl (C=O) groups excluding carboxylic acids is 1. The van der Waals surface area contributed by atoms with Gasteiger partial charge in [-0.25, -0.2) is 0 Å². The van der Waals surface area contributed by atoms with Gasteiger partial charge in [0.1, 0.15) is 0 Å². The van der Waals surface area contributed by atoms with E-state index in [4.69, 9.17) is 0 Å². The van der Waals surface area contributed by atoms with Crippen LogP contribution in [0.25, 0.3) is 0 Å². The van der Waals surface area contributed by atoms with Crippen LogP contribution in [0.2, 0.25) is 0 Å². The molecule has 2 aliphatic heterocycles. The summed E-state index contributed by atoms with van der Waals surface area (Å²) in [5.74, 6) is 0.0675. The first-order valence-electron chi connectivity index (χ1n) is 11.7. The molecule has 3 fully saturated rings. The van der Waals surface area contributed by atoms with Gasteiger partial charge in [0, 0.05) is 38.6 Å². The van der Waals surface area contributed by atoms with Crippen LogP contribution in [0.5, 0.6) is 0 Å². The summed E-state index contributed by atoms with van der Waals surface area (Å²) in [5, 5.41) is 0. The molecule has 1 aliphatic carbocycles. The molecule has 0 N–H and O–H groups in total. The molecule has 168 valence electrons. The van der Waals surface area contributed by atoms with Crippen LogP contribution >= 0.6 is 0 Å². The van der Waals surface area contributed by atoms with E-state index < -0.39 is 19.0 Å². The van der Waals surface area contributed by atoms with Gasteiger partial charge in [0.15, 0.2) is 0 Å². The van der Waals surface area contributed by atoms with Crippen LogP contribution in [0.1, 0.15) is 70.6 Å². The van der Waals surface area contributed by atoms with Crippen LogP contribution in [0.4, 0.5) is 13.2 Å². The van der Waals surface area contributed by atoms with Crippen molar-refractivity contribution in [3.8, 4) is 0 Å². The minimum atomic E-state index is -4.27. The standard InChI is InChI=1S/C22H38F3N3O/c23-22(24,25)11-10-21(29)28(16-15-26-12-4-1-5-13-26)18-19-7-6-14-27(17-19)20-8-2-3-9-20/h19-20H,1-18H2/t19-/m1/s1. The molecular formula is C22H38F3N3O. The average molecular weight is 418 g/mol. The number of halogens is 3. The molecular weight excluding hydrogens is 379 g/mol. The third-order valence-electron chi connectivity index (χ3n) is 6.98. The summed E-state index contributed by atoms with van der Waals surface area (Å²) in [6.45, 7) is 6.20. The lowest BCUT2D eigenvalue weighted by molar-refractivity contribution is -0.149. The van der Waals surface area contributed by atoms with E-state index in [1.807, 2.05) is 0 Å². The summed E-state index contributed by atoms with van der Waals surface area (Å²) in [4.78, 5) is 19.4. The normalized spacial score (nSPS) is 25.4. The highest BCUT2D eigenvalue weighted by Gasteiger charge is 2.32. The summed E-state index contributed by atoms with van der Waals surface area (Å²) >= 11 is 0. The van der Waals surface area contributed by atoms with Gasteiger partial charge in [-0.15, -0.1) is 0 Å². The molecule has 29 heavy (non-hydrogen) atoms. The molecule has 1 atom stereocenters. The van der Waals surface area contributed by atoms with Crippen LogP contribution in [0.15, 0.2) is 0 Å². The molecule has 1 saturated carbocycles. The Balaban J connectivity index is 1.54. The van der Waals surface area contributed by atoms with Crippen molar-refractivity contribution in [2.24, 2.45) is 5.92 Å². The van der Waals surface area contributed by atoms with Crippen molar-refractivity contribution in [1.29, 1.82) is 0 Å². The smallest absolute Gasteiger partial charge is 0.341 e. The average Bonchev–Trinajstić information content (AvgIpc) is 3.25. The molecule has 7 heteroatoms. The monoisotopic (exact) mass is 417 g/mol. The first-order valence-corrected chi connectivity index (χ1v) is 11.7. The second-order valence-electron chi connectivity index (χ2n) is 9.30. The maximum atomic E-state index is 12.7. The van der Waals surface area contributed by atoms with Crippen molar-refractivity contribution in [2.75, 3.05) is 45.8 Å². The number of carbonyl (C=O) groups is 1. The van der Waals surface area contributed by atoms with Gasteiger partial charge < -0.3 is 14.7 Å². The second-order valence-corrected chi connectivity index (χ2v) is 9.30. The van der Waals surface area contributed by atoms with Gasteiger partial charge in [0.05, 0.1) is 6.42 Å². The number of amides is 1. The number of hydrogen-bond acceptors (Lipinski definition) is 3. The zero-order valence-electron chi connectivity index (χ0n) is 17.8. The van der Waals surface area contributed by atoms with Crippen molar-refractivity contribution in [3.63, 3.8) is 0 Å². The van der Waals surface area contributed by atoms with E-state index in [0.717, 1.165) is 45.6 Å². The summed E-state index contributed by atoms with van der Waals surface area (Å²) in [6.07, 6.45) is 5.31. The summed E-state index contributed by atoms with van der Waals surface area (Å²) in [5.41, 5.74) is 0. The molecule has 0 radical (unpaired) electrons. The van der Waals surface area contributed by atoms with Crippen LogP contribution in [-0.2, 0) is 4.79 Å². The number of piperidine rings is 2. The van der Waals surface area contributed by atoms with Crippen LogP contribution < -0.4 is 0 Å². The van der Waals surface area contributed by atoms with Crippen molar-refractivity contribution < 1.29 is 18.0 Å². The maximum absolute atomic E-state index is 12.7. The topological polar surface area (TPSA) is 26.8 Å². The zero-order chi connectivity index (χ0) is 20.7. The Morgan fingerprint density at radius 1 is 0.931 bits per heavy atom. The molecule has 2 heterocycles. The number of alkyl halides is 3. The first-order chi connectivity index (χ1) is 13.9. The predicted molar refractivity (Wildman–Crippen MR) is 109 cm³/mol. The van der Waals surface area contributed by atoms with E-state index in [2.05, 4.69) is 9.80 Å². The third kappa shape index (κ3) is 7.74. The lowest BCUT2D eigenvalue weighted by Gasteiger charge is -2.39. The maximum Gasteiger partial charge on any atom is 0.389 e. The van der Waals surface area contributed by atoms with Crippen molar-refractivity contribution in [1.82, 2.24) is 14.7 Å². The number of nitrogens with zero attached hydrogens (tertiary/aromatic N) is 3. The van der Waals surface area contributed by atoms with Gasteiger partial charge in [-0.1, -0.05) is 19.3 Å². The Labute approximate surface area is 173 Å². The Hall–Kier alpha value is -0.820. The largest absolute Gasteiger partial charge is 0.389 e. The summed E-state index contributed by atoms with van der Waals surface area (Å²) in [6, 6.07) is 0.681. The second kappa shape index (κ2) is 11.0. The Bertz CT molecular complexity index is 502. The van der Waals surface area contributed by atoms with E-state index in [1.165, 1.54) is 44.9 Å². The van der Waals surface area contributed by atoms with Crippen LogP contribution in [-0.4, -0.2) is 78.6 Å². The lowest BCUT2D eigenvalue weighted by atomic mass is 9.95. The molecule has 0 bridgehead atoms.